The predicted octanol–water partition coefficient (Wildman–Crippen LogP) is 2.87. The van der Waals surface area contributed by atoms with Crippen molar-refractivity contribution < 1.29 is 4.79 Å². The van der Waals surface area contributed by atoms with Crippen LogP contribution in [0.3, 0.4) is 0 Å². The number of carbonyl (C=O) groups excluding carboxylic acids is 1. The number of likely N-dealkylation sites (N-methyl/N-ethyl adjacent to an activating group) is 1. The highest BCUT2D eigenvalue weighted by Crippen LogP contribution is 2.27. The molecule has 1 amide bonds. The van der Waals surface area contributed by atoms with Gasteiger partial charge in [0, 0.05) is 18.5 Å². The highest BCUT2D eigenvalue weighted by Gasteiger charge is 2.09. The van der Waals surface area contributed by atoms with Gasteiger partial charge in [-0.1, -0.05) is 19.9 Å². The van der Waals surface area contributed by atoms with Crippen molar-refractivity contribution in [2.75, 3.05) is 26.2 Å². The molecule has 0 unspecified atom stereocenters. The number of thiophene rings is 1. The van der Waals surface area contributed by atoms with E-state index >= 15 is 0 Å². The van der Waals surface area contributed by atoms with Crippen molar-refractivity contribution in [3.8, 4) is 9.88 Å². The monoisotopic (exact) mass is 323 g/mol. The predicted molar refractivity (Wildman–Crippen MR) is 89.9 cm³/mol. The smallest absolute Gasteiger partial charge is 0.226 e. The maximum absolute atomic E-state index is 11.9. The van der Waals surface area contributed by atoms with Crippen LogP contribution in [0.5, 0.6) is 0 Å². The third kappa shape index (κ3) is 4.91. The van der Waals surface area contributed by atoms with Gasteiger partial charge in [-0.15, -0.1) is 22.7 Å². The first-order valence-electron chi connectivity index (χ1n) is 7.20. The molecule has 0 atom stereocenters. The van der Waals surface area contributed by atoms with Gasteiger partial charge in [-0.05, 0) is 24.5 Å². The van der Waals surface area contributed by atoms with E-state index in [2.05, 4.69) is 35.1 Å². The van der Waals surface area contributed by atoms with Gasteiger partial charge in [-0.2, -0.15) is 0 Å². The fourth-order valence-corrected chi connectivity index (χ4v) is 3.66. The van der Waals surface area contributed by atoms with Crippen molar-refractivity contribution in [3.63, 3.8) is 0 Å². The molecule has 0 radical (unpaired) electrons. The highest BCUT2D eigenvalue weighted by molar-refractivity contribution is 7.20. The average Bonchev–Trinajstić information content (AvgIpc) is 3.14. The summed E-state index contributed by atoms with van der Waals surface area (Å²) in [5, 5.41) is 7.97. The van der Waals surface area contributed by atoms with Crippen LogP contribution in [0.15, 0.2) is 22.9 Å². The summed E-state index contributed by atoms with van der Waals surface area (Å²) in [7, 11) is 0. The number of amides is 1. The normalized spacial score (nSPS) is 11.0. The number of nitrogens with zero attached hydrogens (tertiary/aromatic N) is 2. The molecule has 0 fully saturated rings. The van der Waals surface area contributed by atoms with E-state index in [1.54, 1.807) is 22.7 Å². The number of aromatic nitrogens is 1. The van der Waals surface area contributed by atoms with E-state index < -0.39 is 0 Å². The number of hydrogen-bond acceptors (Lipinski definition) is 5. The maximum atomic E-state index is 11.9. The van der Waals surface area contributed by atoms with Gasteiger partial charge in [-0.3, -0.25) is 4.79 Å². The molecule has 4 nitrogen and oxygen atoms in total. The van der Waals surface area contributed by atoms with Gasteiger partial charge in [0.05, 0.1) is 17.0 Å². The molecule has 0 saturated carbocycles. The van der Waals surface area contributed by atoms with Crippen LogP contribution in [0.25, 0.3) is 9.88 Å². The van der Waals surface area contributed by atoms with Crippen LogP contribution >= 0.6 is 22.7 Å². The molecule has 0 aliphatic carbocycles. The number of carbonyl (C=O) groups is 1. The summed E-state index contributed by atoms with van der Waals surface area (Å²) < 4.78 is 0. The molecular formula is C15H21N3OS2. The summed E-state index contributed by atoms with van der Waals surface area (Å²) in [5.74, 6) is 0.0465. The van der Waals surface area contributed by atoms with Gasteiger partial charge in [0.1, 0.15) is 5.01 Å². The van der Waals surface area contributed by atoms with E-state index in [9.17, 15) is 4.79 Å². The van der Waals surface area contributed by atoms with Crippen LogP contribution < -0.4 is 5.32 Å². The van der Waals surface area contributed by atoms with Gasteiger partial charge >= 0.3 is 0 Å². The lowest BCUT2D eigenvalue weighted by molar-refractivity contribution is -0.120. The lowest BCUT2D eigenvalue weighted by Gasteiger charge is -2.17. The van der Waals surface area contributed by atoms with Crippen LogP contribution in [0, 0.1) is 0 Å². The zero-order valence-electron chi connectivity index (χ0n) is 12.5. The largest absolute Gasteiger partial charge is 0.354 e. The van der Waals surface area contributed by atoms with Crippen molar-refractivity contribution in [1.82, 2.24) is 15.2 Å². The quantitative estimate of drug-likeness (QED) is 0.812. The van der Waals surface area contributed by atoms with Crippen LogP contribution in [-0.4, -0.2) is 42.0 Å². The zero-order chi connectivity index (χ0) is 15.1. The Morgan fingerprint density at radius 1 is 1.33 bits per heavy atom. The van der Waals surface area contributed by atoms with E-state index in [1.165, 1.54) is 0 Å². The molecule has 1 N–H and O–H groups in total. The molecule has 0 saturated heterocycles. The molecule has 6 heteroatoms. The molecular weight excluding hydrogens is 302 g/mol. The summed E-state index contributed by atoms with van der Waals surface area (Å²) >= 11 is 3.27. The zero-order valence-corrected chi connectivity index (χ0v) is 14.1. The summed E-state index contributed by atoms with van der Waals surface area (Å²) in [4.78, 5) is 19.9. The highest BCUT2D eigenvalue weighted by atomic mass is 32.1. The Labute approximate surface area is 133 Å². The second-order valence-corrected chi connectivity index (χ2v) is 6.48. The minimum Gasteiger partial charge on any atom is -0.354 e. The maximum Gasteiger partial charge on any atom is 0.226 e. The summed E-state index contributed by atoms with van der Waals surface area (Å²) in [5.41, 5.74) is 0.851. The number of rotatable bonds is 8. The minimum absolute atomic E-state index is 0.0465. The van der Waals surface area contributed by atoms with Crippen LogP contribution in [-0.2, 0) is 11.2 Å². The molecule has 2 heterocycles. The van der Waals surface area contributed by atoms with E-state index in [0.29, 0.717) is 13.0 Å². The summed E-state index contributed by atoms with van der Waals surface area (Å²) in [6, 6.07) is 4.07. The van der Waals surface area contributed by atoms with Gasteiger partial charge in [-0.25, -0.2) is 4.98 Å². The lowest BCUT2D eigenvalue weighted by Crippen LogP contribution is -2.35. The fraction of sp³-hybridized carbons (Fsp3) is 0.467. The van der Waals surface area contributed by atoms with E-state index in [4.69, 9.17) is 0 Å². The van der Waals surface area contributed by atoms with Crippen molar-refractivity contribution in [3.05, 3.63) is 28.6 Å². The second kappa shape index (κ2) is 8.26. The van der Waals surface area contributed by atoms with Gasteiger partial charge in [0.25, 0.3) is 0 Å². The first kappa shape index (κ1) is 16.1. The van der Waals surface area contributed by atoms with Crippen molar-refractivity contribution in [2.24, 2.45) is 0 Å². The average molecular weight is 323 g/mol. The van der Waals surface area contributed by atoms with Crippen molar-refractivity contribution in [2.45, 2.75) is 20.3 Å². The standard InChI is InChI=1S/C15H21N3OS2/c1-3-18(4-2)8-7-16-14(19)10-12-11-21-15(17-12)13-6-5-9-20-13/h5-6,9,11H,3-4,7-8,10H2,1-2H3,(H,16,19). The topological polar surface area (TPSA) is 45.2 Å². The molecule has 2 aromatic rings. The summed E-state index contributed by atoms with van der Waals surface area (Å²) in [6.45, 7) is 7.89. The van der Waals surface area contributed by atoms with Gasteiger partial charge in [0.15, 0.2) is 0 Å². The SMILES string of the molecule is CCN(CC)CCNC(=O)Cc1csc(-c2cccs2)n1. The lowest BCUT2D eigenvalue weighted by atomic mass is 10.3. The number of nitrogens with one attached hydrogen (secondary N) is 1. The Morgan fingerprint density at radius 3 is 2.81 bits per heavy atom. The Balaban J connectivity index is 1.78. The second-order valence-electron chi connectivity index (χ2n) is 4.67. The first-order chi connectivity index (χ1) is 10.2. The van der Waals surface area contributed by atoms with E-state index in [0.717, 1.165) is 35.2 Å². The molecule has 2 rings (SSSR count). The van der Waals surface area contributed by atoms with Crippen LogP contribution in [0.1, 0.15) is 19.5 Å². The third-order valence-electron chi connectivity index (χ3n) is 3.27. The molecule has 0 spiro atoms. The molecule has 21 heavy (non-hydrogen) atoms. The van der Waals surface area contributed by atoms with Crippen molar-refractivity contribution in [1.29, 1.82) is 0 Å². The molecule has 2 aromatic heterocycles. The Hall–Kier alpha value is -1.24. The molecule has 0 aliphatic rings. The van der Waals surface area contributed by atoms with Gasteiger partial charge < -0.3 is 10.2 Å². The van der Waals surface area contributed by atoms with E-state index in [-0.39, 0.29) is 5.91 Å². The molecule has 0 bridgehead atoms. The van der Waals surface area contributed by atoms with Crippen LogP contribution in [0.2, 0.25) is 0 Å². The number of thiazole rings is 1. The Kier molecular flexibility index (Phi) is 6.35. The molecule has 114 valence electrons. The van der Waals surface area contributed by atoms with E-state index in [1.807, 2.05) is 16.8 Å². The van der Waals surface area contributed by atoms with Gasteiger partial charge in [0.2, 0.25) is 5.91 Å². The first-order valence-corrected chi connectivity index (χ1v) is 8.96. The number of hydrogen-bond donors (Lipinski definition) is 1. The Bertz CT molecular complexity index is 547. The summed E-state index contributed by atoms with van der Waals surface area (Å²) in [6.07, 6.45) is 0.361. The molecule has 0 aliphatic heterocycles. The van der Waals surface area contributed by atoms with Crippen LogP contribution in [0.4, 0.5) is 0 Å². The van der Waals surface area contributed by atoms with Crippen molar-refractivity contribution >= 4 is 28.6 Å². The third-order valence-corrected chi connectivity index (χ3v) is 5.20. The Morgan fingerprint density at radius 2 is 2.14 bits per heavy atom. The molecule has 0 aromatic carbocycles. The minimum atomic E-state index is 0.0465. The fourth-order valence-electron chi connectivity index (χ4n) is 2.02.